The van der Waals surface area contributed by atoms with E-state index >= 15 is 0 Å². The predicted octanol–water partition coefficient (Wildman–Crippen LogP) is 5.60. The van der Waals surface area contributed by atoms with Gasteiger partial charge in [-0.05, 0) is 60.4 Å². The van der Waals surface area contributed by atoms with Crippen molar-refractivity contribution in [2.45, 2.75) is 63.8 Å². The van der Waals surface area contributed by atoms with Crippen molar-refractivity contribution in [3.05, 3.63) is 47.3 Å². The van der Waals surface area contributed by atoms with Gasteiger partial charge in [-0.25, -0.2) is 18.1 Å². The molecular formula is C26H33N3O3S2. The number of thiophene rings is 1. The van der Waals surface area contributed by atoms with Gasteiger partial charge in [0, 0.05) is 18.0 Å². The number of pyridine rings is 1. The molecule has 1 amide bonds. The third kappa shape index (κ3) is 5.34. The van der Waals surface area contributed by atoms with Crippen LogP contribution in [-0.2, 0) is 10.0 Å². The first-order valence-corrected chi connectivity index (χ1v) is 14.5. The van der Waals surface area contributed by atoms with Crippen LogP contribution < -0.4 is 10.0 Å². The second-order valence-corrected chi connectivity index (χ2v) is 12.0. The van der Waals surface area contributed by atoms with Crippen LogP contribution in [-0.4, -0.2) is 31.9 Å². The van der Waals surface area contributed by atoms with Crippen LogP contribution in [0.5, 0.6) is 0 Å². The summed E-state index contributed by atoms with van der Waals surface area (Å²) in [5.41, 5.74) is 1.78. The monoisotopic (exact) mass is 499 g/mol. The fraction of sp³-hybridized carbons (Fsp3) is 0.462. The fourth-order valence-electron chi connectivity index (χ4n) is 4.61. The minimum absolute atomic E-state index is 0.104. The molecule has 0 bridgehead atoms. The number of carbonyl (C=O) groups excluding carboxylic acids is 1. The number of hydrogen-bond acceptors (Lipinski definition) is 5. The average Bonchev–Trinajstić information content (AvgIpc) is 3.36. The molecule has 2 heterocycles. The molecule has 0 saturated heterocycles. The predicted molar refractivity (Wildman–Crippen MR) is 139 cm³/mol. The number of nitrogens with one attached hydrogen (secondary N) is 2. The Bertz CT molecular complexity index is 1260. The summed E-state index contributed by atoms with van der Waals surface area (Å²) in [6.45, 7) is 6.84. The van der Waals surface area contributed by atoms with E-state index in [-0.39, 0.29) is 16.8 Å². The maximum Gasteiger partial charge on any atom is 0.252 e. The number of unbranched alkanes of at least 4 members (excludes halogenated alkanes) is 1. The molecule has 1 saturated carbocycles. The summed E-state index contributed by atoms with van der Waals surface area (Å²) in [6, 6.07) is 10.7. The first-order valence-electron chi connectivity index (χ1n) is 12.1. The largest absolute Gasteiger partial charge is 0.349 e. The van der Waals surface area contributed by atoms with Gasteiger partial charge in [-0.3, -0.25) is 4.79 Å². The van der Waals surface area contributed by atoms with Gasteiger partial charge >= 0.3 is 0 Å². The van der Waals surface area contributed by atoms with Crippen molar-refractivity contribution < 1.29 is 13.2 Å². The molecule has 0 spiro atoms. The fourth-order valence-corrected chi connectivity index (χ4v) is 6.40. The highest BCUT2D eigenvalue weighted by molar-refractivity contribution is 7.89. The second kappa shape index (κ2) is 10.5. The Hall–Kier alpha value is -2.29. The molecule has 1 aromatic carbocycles. The molecule has 6 nitrogen and oxygen atoms in total. The van der Waals surface area contributed by atoms with Gasteiger partial charge in [0.2, 0.25) is 10.0 Å². The lowest BCUT2D eigenvalue weighted by atomic mass is 9.78. The van der Waals surface area contributed by atoms with E-state index in [4.69, 9.17) is 4.98 Å². The first-order chi connectivity index (χ1) is 16.3. The van der Waals surface area contributed by atoms with E-state index in [1.165, 1.54) is 6.42 Å². The number of fused-ring (bicyclic) bond motifs is 1. The zero-order valence-corrected chi connectivity index (χ0v) is 21.6. The average molecular weight is 500 g/mol. The van der Waals surface area contributed by atoms with Crippen LogP contribution in [0.3, 0.4) is 0 Å². The van der Waals surface area contributed by atoms with Crippen molar-refractivity contribution in [1.82, 2.24) is 15.0 Å². The number of hydrogen-bond donors (Lipinski definition) is 2. The Balaban J connectivity index is 1.75. The SMILES string of the molecule is CCCCNS(=O)(=O)c1ccc2nc(-c3cccs3)cc(C(=O)N[C@@H]3CCC[C@@H](C)[C@@H]3C)c2c1. The Labute approximate surface area is 206 Å². The molecule has 1 aliphatic carbocycles. The number of rotatable bonds is 8. The van der Waals surface area contributed by atoms with Gasteiger partial charge in [0.05, 0.1) is 26.5 Å². The zero-order valence-electron chi connectivity index (χ0n) is 20.0. The van der Waals surface area contributed by atoms with Crippen LogP contribution in [0.2, 0.25) is 0 Å². The standard InChI is InChI=1S/C26H33N3O3S2/c1-4-5-13-27-34(31,32)19-11-12-23-20(15-19)21(16-24(28-23)25-10-7-14-33-25)26(30)29-22-9-6-8-17(2)18(22)3/h7,10-12,14-18,22,27H,4-6,8-9,13H2,1-3H3,(H,29,30)/t17-,18+,22-/m1/s1. The molecule has 0 radical (unpaired) electrons. The highest BCUT2D eigenvalue weighted by Crippen LogP contribution is 2.32. The summed E-state index contributed by atoms with van der Waals surface area (Å²) in [4.78, 5) is 19.4. The summed E-state index contributed by atoms with van der Waals surface area (Å²) in [7, 11) is -3.67. The topological polar surface area (TPSA) is 88.2 Å². The summed E-state index contributed by atoms with van der Waals surface area (Å²) >= 11 is 1.56. The van der Waals surface area contributed by atoms with Crippen LogP contribution in [0.4, 0.5) is 0 Å². The number of aromatic nitrogens is 1. The van der Waals surface area contributed by atoms with E-state index < -0.39 is 10.0 Å². The maximum atomic E-state index is 13.6. The molecule has 1 aliphatic rings. The number of benzene rings is 1. The molecule has 34 heavy (non-hydrogen) atoms. The molecule has 2 aromatic heterocycles. The van der Waals surface area contributed by atoms with Gasteiger partial charge in [-0.1, -0.05) is 46.1 Å². The lowest BCUT2D eigenvalue weighted by molar-refractivity contribution is 0.0892. The Morgan fingerprint density at radius 3 is 2.74 bits per heavy atom. The van der Waals surface area contributed by atoms with Crippen molar-refractivity contribution in [2.75, 3.05) is 6.54 Å². The molecule has 1 fully saturated rings. The second-order valence-electron chi connectivity index (χ2n) is 9.31. The van der Waals surface area contributed by atoms with Crippen molar-refractivity contribution in [1.29, 1.82) is 0 Å². The number of amides is 1. The molecule has 0 unspecified atom stereocenters. The molecule has 0 aliphatic heterocycles. The lowest BCUT2D eigenvalue weighted by Crippen LogP contribution is -2.43. The summed E-state index contributed by atoms with van der Waals surface area (Å²) in [6.07, 6.45) is 4.90. The molecule has 3 aromatic rings. The molecular weight excluding hydrogens is 466 g/mol. The summed E-state index contributed by atoms with van der Waals surface area (Å²) in [5, 5.41) is 5.78. The Morgan fingerprint density at radius 2 is 2.00 bits per heavy atom. The van der Waals surface area contributed by atoms with Gasteiger partial charge in [0.15, 0.2) is 0 Å². The molecule has 8 heteroatoms. The first kappa shape index (κ1) is 24.8. The third-order valence-electron chi connectivity index (χ3n) is 6.95. The van der Waals surface area contributed by atoms with Gasteiger partial charge in [-0.2, -0.15) is 0 Å². The van der Waals surface area contributed by atoms with Crippen LogP contribution in [0.1, 0.15) is 63.2 Å². The van der Waals surface area contributed by atoms with Gasteiger partial charge in [0.1, 0.15) is 0 Å². The van der Waals surface area contributed by atoms with E-state index in [1.807, 2.05) is 24.4 Å². The van der Waals surface area contributed by atoms with Crippen molar-refractivity contribution >= 4 is 38.2 Å². The van der Waals surface area contributed by atoms with Gasteiger partial charge in [0.25, 0.3) is 5.91 Å². The molecule has 4 rings (SSSR count). The van der Waals surface area contributed by atoms with E-state index in [9.17, 15) is 13.2 Å². The smallest absolute Gasteiger partial charge is 0.252 e. The van der Waals surface area contributed by atoms with Crippen LogP contribution in [0.25, 0.3) is 21.5 Å². The number of sulfonamides is 1. The third-order valence-corrected chi connectivity index (χ3v) is 9.31. The normalized spacial score (nSPS) is 21.0. The van der Waals surface area contributed by atoms with Crippen LogP contribution in [0, 0.1) is 11.8 Å². The van der Waals surface area contributed by atoms with Crippen molar-refractivity contribution in [3.63, 3.8) is 0 Å². The highest BCUT2D eigenvalue weighted by Gasteiger charge is 2.29. The Morgan fingerprint density at radius 1 is 1.18 bits per heavy atom. The number of carbonyl (C=O) groups is 1. The van der Waals surface area contributed by atoms with E-state index in [1.54, 1.807) is 35.6 Å². The minimum atomic E-state index is -3.67. The molecule has 2 N–H and O–H groups in total. The van der Waals surface area contributed by atoms with E-state index in [0.29, 0.717) is 34.8 Å². The molecule has 3 atom stereocenters. The Kier molecular flexibility index (Phi) is 7.70. The zero-order chi connectivity index (χ0) is 24.3. The lowest BCUT2D eigenvalue weighted by Gasteiger charge is -2.34. The summed E-state index contributed by atoms with van der Waals surface area (Å²) in [5.74, 6) is 0.770. The van der Waals surface area contributed by atoms with E-state index in [2.05, 4.69) is 23.9 Å². The van der Waals surface area contributed by atoms with E-state index in [0.717, 1.165) is 36.3 Å². The quantitative estimate of drug-likeness (QED) is 0.395. The highest BCUT2D eigenvalue weighted by atomic mass is 32.2. The number of nitrogens with zero attached hydrogens (tertiary/aromatic N) is 1. The maximum absolute atomic E-state index is 13.6. The van der Waals surface area contributed by atoms with Crippen molar-refractivity contribution in [3.8, 4) is 10.6 Å². The molecule has 182 valence electrons. The summed E-state index contributed by atoms with van der Waals surface area (Å²) < 4.78 is 28.4. The minimum Gasteiger partial charge on any atom is -0.349 e. The van der Waals surface area contributed by atoms with Crippen LogP contribution >= 0.6 is 11.3 Å². The van der Waals surface area contributed by atoms with Gasteiger partial charge in [-0.15, -0.1) is 11.3 Å². The van der Waals surface area contributed by atoms with Crippen LogP contribution in [0.15, 0.2) is 46.7 Å². The van der Waals surface area contributed by atoms with Gasteiger partial charge < -0.3 is 5.32 Å². The van der Waals surface area contributed by atoms with Crippen molar-refractivity contribution in [2.24, 2.45) is 11.8 Å².